The van der Waals surface area contributed by atoms with Gasteiger partial charge >= 0.3 is 12.0 Å². The molecule has 0 unspecified atom stereocenters. The average molecular weight is 248 g/mol. The standard InChI is InChI=1S/C13H16N2O3/c16-12(17)11(10-6-2-1-3-7-10)14-13(18)15-8-4-5-9-15/h1-3,6-7,11H,4-5,8-9H2,(H,14,18)(H,16,17)/t11-/m0/s1. The predicted molar refractivity (Wildman–Crippen MR) is 66.2 cm³/mol. The molecule has 1 atom stereocenters. The monoisotopic (exact) mass is 248 g/mol. The minimum atomic E-state index is -1.05. The second kappa shape index (κ2) is 5.53. The van der Waals surface area contributed by atoms with Crippen LogP contribution in [-0.2, 0) is 4.79 Å². The fourth-order valence-electron chi connectivity index (χ4n) is 2.07. The molecule has 1 aromatic carbocycles. The van der Waals surface area contributed by atoms with Gasteiger partial charge in [0.15, 0.2) is 6.04 Å². The van der Waals surface area contributed by atoms with Crippen LogP contribution in [0.4, 0.5) is 4.79 Å². The quantitative estimate of drug-likeness (QED) is 0.854. The van der Waals surface area contributed by atoms with Crippen molar-refractivity contribution in [2.24, 2.45) is 0 Å². The van der Waals surface area contributed by atoms with Crippen LogP contribution in [0, 0.1) is 0 Å². The van der Waals surface area contributed by atoms with Crippen molar-refractivity contribution < 1.29 is 14.7 Å². The molecular formula is C13H16N2O3. The number of carbonyl (C=O) groups is 2. The molecule has 1 aromatic rings. The number of nitrogens with one attached hydrogen (secondary N) is 1. The molecule has 2 amide bonds. The summed E-state index contributed by atoms with van der Waals surface area (Å²) in [6.45, 7) is 1.40. The summed E-state index contributed by atoms with van der Waals surface area (Å²) in [6, 6.07) is 7.43. The average Bonchev–Trinajstić information content (AvgIpc) is 2.90. The van der Waals surface area contributed by atoms with Gasteiger partial charge in [-0.1, -0.05) is 30.3 Å². The molecule has 0 aromatic heterocycles. The van der Waals surface area contributed by atoms with Crippen LogP contribution in [0.5, 0.6) is 0 Å². The SMILES string of the molecule is O=C(O)[C@@H](NC(=O)N1CCCC1)c1ccccc1. The highest BCUT2D eigenvalue weighted by Crippen LogP contribution is 2.14. The van der Waals surface area contributed by atoms with Gasteiger partial charge in [0, 0.05) is 13.1 Å². The van der Waals surface area contributed by atoms with Crippen molar-refractivity contribution in [1.82, 2.24) is 10.2 Å². The van der Waals surface area contributed by atoms with Crippen LogP contribution in [0.3, 0.4) is 0 Å². The third kappa shape index (κ3) is 2.80. The number of hydrogen-bond donors (Lipinski definition) is 2. The van der Waals surface area contributed by atoms with E-state index in [2.05, 4.69) is 5.32 Å². The van der Waals surface area contributed by atoms with Gasteiger partial charge in [-0.2, -0.15) is 0 Å². The van der Waals surface area contributed by atoms with Crippen LogP contribution in [0.15, 0.2) is 30.3 Å². The second-order valence-electron chi connectivity index (χ2n) is 4.33. The zero-order valence-corrected chi connectivity index (χ0v) is 10.0. The first kappa shape index (κ1) is 12.4. The third-order valence-corrected chi connectivity index (χ3v) is 3.04. The van der Waals surface area contributed by atoms with Crippen LogP contribution in [-0.4, -0.2) is 35.1 Å². The topological polar surface area (TPSA) is 69.6 Å². The Morgan fingerprint density at radius 1 is 1.17 bits per heavy atom. The fourth-order valence-corrected chi connectivity index (χ4v) is 2.07. The van der Waals surface area contributed by atoms with E-state index >= 15 is 0 Å². The molecule has 18 heavy (non-hydrogen) atoms. The molecule has 5 heteroatoms. The normalized spacial score (nSPS) is 16.3. The minimum absolute atomic E-state index is 0.302. The molecular weight excluding hydrogens is 232 g/mol. The highest BCUT2D eigenvalue weighted by molar-refractivity contribution is 5.83. The van der Waals surface area contributed by atoms with E-state index in [1.807, 2.05) is 6.07 Å². The van der Waals surface area contributed by atoms with Crippen molar-refractivity contribution in [3.63, 3.8) is 0 Å². The summed E-state index contributed by atoms with van der Waals surface area (Å²) in [5.41, 5.74) is 0.581. The van der Waals surface area contributed by atoms with E-state index in [0.29, 0.717) is 18.7 Å². The van der Waals surface area contributed by atoms with Crippen molar-refractivity contribution in [2.75, 3.05) is 13.1 Å². The maximum absolute atomic E-state index is 11.9. The molecule has 1 heterocycles. The Labute approximate surface area is 105 Å². The van der Waals surface area contributed by atoms with E-state index in [0.717, 1.165) is 12.8 Å². The van der Waals surface area contributed by atoms with Gasteiger partial charge in [-0.05, 0) is 18.4 Å². The van der Waals surface area contributed by atoms with Gasteiger partial charge < -0.3 is 15.3 Å². The number of hydrogen-bond acceptors (Lipinski definition) is 2. The lowest BCUT2D eigenvalue weighted by molar-refractivity contribution is -0.139. The maximum Gasteiger partial charge on any atom is 0.330 e. The number of amides is 2. The summed E-state index contributed by atoms with van der Waals surface area (Å²) in [5.74, 6) is -1.05. The first-order valence-electron chi connectivity index (χ1n) is 6.01. The summed E-state index contributed by atoms with van der Waals surface area (Å²) >= 11 is 0. The number of carboxylic acids is 1. The van der Waals surface area contributed by atoms with Crippen LogP contribution in [0.2, 0.25) is 0 Å². The first-order valence-corrected chi connectivity index (χ1v) is 6.01. The van der Waals surface area contributed by atoms with Gasteiger partial charge in [-0.3, -0.25) is 0 Å². The lowest BCUT2D eigenvalue weighted by Crippen LogP contribution is -2.42. The molecule has 5 nitrogen and oxygen atoms in total. The van der Waals surface area contributed by atoms with Crippen molar-refractivity contribution in [3.8, 4) is 0 Å². The zero-order valence-electron chi connectivity index (χ0n) is 10.0. The summed E-state index contributed by atoms with van der Waals surface area (Å²) in [5, 5.41) is 11.7. The lowest BCUT2D eigenvalue weighted by Gasteiger charge is -2.20. The predicted octanol–water partition coefficient (Wildman–Crippen LogP) is 1.62. The molecule has 96 valence electrons. The van der Waals surface area contributed by atoms with Crippen LogP contribution >= 0.6 is 0 Å². The fraction of sp³-hybridized carbons (Fsp3) is 0.385. The molecule has 1 fully saturated rings. The number of carboxylic acid groups (broad SMARTS) is 1. The highest BCUT2D eigenvalue weighted by Gasteiger charge is 2.25. The van der Waals surface area contributed by atoms with Crippen LogP contribution < -0.4 is 5.32 Å². The van der Waals surface area contributed by atoms with Crippen molar-refractivity contribution >= 4 is 12.0 Å². The van der Waals surface area contributed by atoms with Crippen molar-refractivity contribution in [3.05, 3.63) is 35.9 Å². The number of rotatable bonds is 3. The molecule has 1 aliphatic heterocycles. The minimum Gasteiger partial charge on any atom is -0.479 e. The largest absolute Gasteiger partial charge is 0.479 e. The van der Waals surface area contributed by atoms with Crippen LogP contribution in [0.25, 0.3) is 0 Å². The van der Waals surface area contributed by atoms with E-state index < -0.39 is 12.0 Å². The highest BCUT2D eigenvalue weighted by atomic mass is 16.4. The Hall–Kier alpha value is -2.04. The maximum atomic E-state index is 11.9. The smallest absolute Gasteiger partial charge is 0.330 e. The number of likely N-dealkylation sites (tertiary alicyclic amines) is 1. The number of benzene rings is 1. The molecule has 0 saturated carbocycles. The molecule has 0 radical (unpaired) electrons. The van der Waals surface area contributed by atoms with Crippen molar-refractivity contribution in [1.29, 1.82) is 0 Å². The number of carbonyl (C=O) groups excluding carboxylic acids is 1. The molecule has 1 saturated heterocycles. The number of urea groups is 1. The van der Waals surface area contributed by atoms with Gasteiger partial charge in [0.25, 0.3) is 0 Å². The van der Waals surface area contributed by atoms with E-state index in [9.17, 15) is 14.7 Å². The van der Waals surface area contributed by atoms with Gasteiger partial charge in [0.2, 0.25) is 0 Å². The van der Waals surface area contributed by atoms with Crippen LogP contribution in [0.1, 0.15) is 24.4 Å². The van der Waals surface area contributed by atoms with E-state index in [-0.39, 0.29) is 6.03 Å². The zero-order chi connectivity index (χ0) is 13.0. The summed E-state index contributed by atoms with van der Waals surface area (Å²) < 4.78 is 0. The first-order chi connectivity index (χ1) is 8.68. The molecule has 2 N–H and O–H groups in total. The van der Waals surface area contributed by atoms with Gasteiger partial charge in [-0.15, -0.1) is 0 Å². The number of nitrogens with zero attached hydrogens (tertiary/aromatic N) is 1. The molecule has 0 spiro atoms. The number of aliphatic carboxylic acids is 1. The van der Waals surface area contributed by atoms with Gasteiger partial charge in [-0.25, -0.2) is 9.59 Å². The summed E-state index contributed by atoms with van der Waals surface area (Å²) in [6.07, 6.45) is 1.97. The van der Waals surface area contributed by atoms with Crippen molar-refractivity contribution in [2.45, 2.75) is 18.9 Å². The molecule has 0 aliphatic carbocycles. The second-order valence-corrected chi connectivity index (χ2v) is 4.33. The Morgan fingerprint density at radius 2 is 1.78 bits per heavy atom. The summed E-state index contributed by atoms with van der Waals surface area (Å²) in [7, 11) is 0. The van der Waals surface area contributed by atoms with E-state index in [4.69, 9.17) is 0 Å². The molecule has 2 rings (SSSR count). The Balaban J connectivity index is 2.07. The van der Waals surface area contributed by atoms with E-state index in [1.54, 1.807) is 29.2 Å². The van der Waals surface area contributed by atoms with E-state index in [1.165, 1.54) is 0 Å². The Morgan fingerprint density at radius 3 is 2.33 bits per heavy atom. The lowest BCUT2D eigenvalue weighted by atomic mass is 10.1. The third-order valence-electron chi connectivity index (χ3n) is 3.04. The summed E-state index contributed by atoms with van der Waals surface area (Å²) in [4.78, 5) is 24.8. The van der Waals surface area contributed by atoms with Gasteiger partial charge in [0.05, 0.1) is 0 Å². The Kier molecular flexibility index (Phi) is 3.82. The Bertz CT molecular complexity index is 427. The molecule has 0 bridgehead atoms. The van der Waals surface area contributed by atoms with Gasteiger partial charge in [0.1, 0.15) is 0 Å². The molecule has 1 aliphatic rings.